The van der Waals surface area contributed by atoms with E-state index >= 15 is 0 Å². The second-order valence-electron chi connectivity index (χ2n) is 4.63. The van der Waals surface area contributed by atoms with Crippen LogP contribution in [0.1, 0.15) is 12.0 Å². The number of nitriles is 1. The number of aliphatic carboxylic acids is 1. The summed E-state index contributed by atoms with van der Waals surface area (Å²) in [6.07, 6.45) is 0.205. The van der Waals surface area contributed by atoms with Crippen LogP contribution in [0.25, 0.3) is 0 Å². The Bertz CT molecular complexity index is 470. The van der Waals surface area contributed by atoms with E-state index in [1.165, 1.54) is 0 Å². The van der Waals surface area contributed by atoms with Crippen molar-refractivity contribution in [2.45, 2.75) is 6.42 Å². The maximum absolute atomic E-state index is 10.5. The Labute approximate surface area is 112 Å². The third-order valence-electron chi connectivity index (χ3n) is 3.38. The topological polar surface area (TPSA) is 67.6 Å². The van der Waals surface area contributed by atoms with Gasteiger partial charge in [-0.1, -0.05) is 0 Å². The number of carboxylic acids is 1. The third-order valence-corrected chi connectivity index (χ3v) is 3.38. The third kappa shape index (κ3) is 3.70. The second-order valence-corrected chi connectivity index (χ2v) is 4.63. The number of anilines is 1. The molecule has 100 valence electrons. The Hall–Kier alpha value is -2.06. The van der Waals surface area contributed by atoms with Gasteiger partial charge in [0.2, 0.25) is 0 Å². The number of hydrogen-bond donors (Lipinski definition) is 1. The molecule has 0 atom stereocenters. The quantitative estimate of drug-likeness (QED) is 0.878. The van der Waals surface area contributed by atoms with E-state index in [1.807, 2.05) is 24.3 Å². The normalized spacial score (nSPS) is 16.1. The van der Waals surface area contributed by atoms with Crippen molar-refractivity contribution in [3.8, 4) is 6.07 Å². The van der Waals surface area contributed by atoms with Crippen LogP contribution in [-0.2, 0) is 4.79 Å². The smallest absolute Gasteiger partial charge is 0.304 e. The number of rotatable bonds is 4. The molecule has 1 aliphatic rings. The molecular formula is C14H17N3O2. The average Bonchev–Trinajstić information content (AvgIpc) is 2.46. The van der Waals surface area contributed by atoms with Crippen LogP contribution >= 0.6 is 0 Å². The van der Waals surface area contributed by atoms with E-state index in [1.54, 1.807) is 0 Å². The van der Waals surface area contributed by atoms with Crippen LogP contribution in [0.2, 0.25) is 0 Å². The minimum atomic E-state index is -0.741. The van der Waals surface area contributed by atoms with Crippen LogP contribution in [0.4, 0.5) is 5.69 Å². The Morgan fingerprint density at radius 2 is 1.84 bits per heavy atom. The Kier molecular flexibility index (Phi) is 4.37. The zero-order chi connectivity index (χ0) is 13.7. The molecule has 5 heteroatoms. The lowest BCUT2D eigenvalue weighted by atomic mass is 10.2. The molecule has 0 radical (unpaired) electrons. The van der Waals surface area contributed by atoms with E-state index in [9.17, 15) is 4.79 Å². The van der Waals surface area contributed by atoms with E-state index in [0.29, 0.717) is 12.1 Å². The number of piperazine rings is 1. The van der Waals surface area contributed by atoms with Crippen LogP contribution in [0, 0.1) is 11.3 Å². The zero-order valence-electron chi connectivity index (χ0n) is 10.7. The number of benzene rings is 1. The van der Waals surface area contributed by atoms with Crippen LogP contribution in [0.5, 0.6) is 0 Å². The molecule has 0 unspecified atom stereocenters. The first-order valence-electron chi connectivity index (χ1n) is 6.38. The van der Waals surface area contributed by atoms with Crippen molar-refractivity contribution in [3.63, 3.8) is 0 Å². The Balaban J connectivity index is 1.85. The summed E-state index contributed by atoms with van der Waals surface area (Å²) in [5, 5.41) is 17.4. The Morgan fingerprint density at radius 1 is 1.21 bits per heavy atom. The van der Waals surface area contributed by atoms with Gasteiger partial charge in [0.25, 0.3) is 0 Å². The van der Waals surface area contributed by atoms with E-state index in [2.05, 4.69) is 15.9 Å². The minimum absolute atomic E-state index is 0.205. The van der Waals surface area contributed by atoms with Crippen LogP contribution in [-0.4, -0.2) is 48.7 Å². The summed E-state index contributed by atoms with van der Waals surface area (Å²) in [7, 11) is 0. The molecule has 5 nitrogen and oxygen atoms in total. The highest BCUT2D eigenvalue weighted by Gasteiger charge is 2.17. The highest BCUT2D eigenvalue weighted by Crippen LogP contribution is 2.17. The number of nitrogens with zero attached hydrogens (tertiary/aromatic N) is 3. The lowest BCUT2D eigenvalue weighted by Gasteiger charge is -2.35. The van der Waals surface area contributed by atoms with Gasteiger partial charge in [-0.2, -0.15) is 5.26 Å². The first-order chi connectivity index (χ1) is 9.19. The molecule has 2 rings (SSSR count). The van der Waals surface area contributed by atoms with Gasteiger partial charge in [0.15, 0.2) is 0 Å². The van der Waals surface area contributed by atoms with Crippen LogP contribution in [0.3, 0.4) is 0 Å². The molecule has 19 heavy (non-hydrogen) atoms. The van der Waals surface area contributed by atoms with Crippen LogP contribution in [0.15, 0.2) is 24.3 Å². The van der Waals surface area contributed by atoms with Gasteiger partial charge < -0.3 is 10.0 Å². The lowest BCUT2D eigenvalue weighted by molar-refractivity contribution is -0.137. The molecule has 1 fully saturated rings. The first-order valence-corrected chi connectivity index (χ1v) is 6.38. The molecule has 1 N–H and O–H groups in total. The summed E-state index contributed by atoms with van der Waals surface area (Å²) in [6.45, 7) is 4.17. The molecular weight excluding hydrogens is 242 g/mol. The highest BCUT2D eigenvalue weighted by molar-refractivity contribution is 5.66. The average molecular weight is 259 g/mol. The van der Waals surface area contributed by atoms with Gasteiger partial charge in [0, 0.05) is 38.4 Å². The molecule has 0 saturated carbocycles. The van der Waals surface area contributed by atoms with E-state index in [-0.39, 0.29) is 6.42 Å². The first kappa shape index (κ1) is 13.4. The molecule has 0 aliphatic carbocycles. The summed E-state index contributed by atoms with van der Waals surface area (Å²) < 4.78 is 0. The maximum Gasteiger partial charge on any atom is 0.304 e. The number of carboxylic acid groups (broad SMARTS) is 1. The largest absolute Gasteiger partial charge is 0.481 e. The molecule has 0 spiro atoms. The van der Waals surface area contributed by atoms with E-state index in [4.69, 9.17) is 10.4 Å². The predicted molar refractivity (Wildman–Crippen MR) is 72.1 cm³/mol. The van der Waals surface area contributed by atoms with Gasteiger partial charge in [0.05, 0.1) is 18.1 Å². The molecule has 1 saturated heterocycles. The standard InChI is InChI=1S/C14H17N3O2/c15-11-12-1-3-13(4-2-12)17-9-7-16(8-10-17)6-5-14(18)19/h1-4H,5-10H2,(H,18,19). The van der Waals surface area contributed by atoms with Gasteiger partial charge in [-0.15, -0.1) is 0 Å². The van der Waals surface area contributed by atoms with Crippen molar-refractivity contribution < 1.29 is 9.90 Å². The summed E-state index contributed by atoms with van der Waals surface area (Å²) in [6, 6.07) is 9.69. The molecule has 1 aromatic carbocycles. The molecule has 1 aromatic rings. The lowest BCUT2D eigenvalue weighted by Crippen LogP contribution is -2.46. The second kappa shape index (κ2) is 6.21. The van der Waals surface area contributed by atoms with Crippen molar-refractivity contribution >= 4 is 11.7 Å². The van der Waals surface area contributed by atoms with Crippen LogP contribution < -0.4 is 4.90 Å². The molecule has 0 amide bonds. The van der Waals surface area contributed by atoms with Gasteiger partial charge >= 0.3 is 5.97 Å². The fourth-order valence-electron chi connectivity index (χ4n) is 2.23. The summed E-state index contributed by atoms with van der Waals surface area (Å²) in [5.41, 5.74) is 1.79. The summed E-state index contributed by atoms with van der Waals surface area (Å²) in [5.74, 6) is -0.741. The number of carbonyl (C=O) groups is 1. The van der Waals surface area contributed by atoms with Crippen molar-refractivity contribution in [2.24, 2.45) is 0 Å². The molecule has 1 heterocycles. The monoisotopic (exact) mass is 259 g/mol. The predicted octanol–water partition coefficient (Wildman–Crippen LogP) is 1.15. The maximum atomic E-state index is 10.5. The summed E-state index contributed by atoms with van der Waals surface area (Å²) in [4.78, 5) is 15.0. The van der Waals surface area contributed by atoms with Crippen molar-refractivity contribution in [3.05, 3.63) is 29.8 Å². The van der Waals surface area contributed by atoms with Gasteiger partial charge in [-0.05, 0) is 24.3 Å². The fourth-order valence-corrected chi connectivity index (χ4v) is 2.23. The van der Waals surface area contributed by atoms with Crippen molar-refractivity contribution in [1.29, 1.82) is 5.26 Å². The minimum Gasteiger partial charge on any atom is -0.481 e. The fraction of sp³-hybridized carbons (Fsp3) is 0.429. The molecule has 1 aliphatic heterocycles. The molecule has 0 aromatic heterocycles. The van der Waals surface area contributed by atoms with Crippen molar-refractivity contribution in [1.82, 2.24) is 4.90 Å². The van der Waals surface area contributed by atoms with Gasteiger partial charge in [-0.25, -0.2) is 0 Å². The SMILES string of the molecule is N#Cc1ccc(N2CCN(CCC(=O)O)CC2)cc1. The van der Waals surface area contributed by atoms with Gasteiger partial charge in [-0.3, -0.25) is 9.69 Å². The van der Waals surface area contributed by atoms with Crippen molar-refractivity contribution in [2.75, 3.05) is 37.6 Å². The van der Waals surface area contributed by atoms with Gasteiger partial charge in [0.1, 0.15) is 0 Å². The zero-order valence-corrected chi connectivity index (χ0v) is 10.7. The Morgan fingerprint density at radius 3 is 2.37 bits per heavy atom. The van der Waals surface area contributed by atoms with E-state index in [0.717, 1.165) is 31.9 Å². The molecule has 0 bridgehead atoms. The number of hydrogen-bond acceptors (Lipinski definition) is 4. The van der Waals surface area contributed by atoms with E-state index < -0.39 is 5.97 Å². The summed E-state index contributed by atoms with van der Waals surface area (Å²) >= 11 is 0. The highest BCUT2D eigenvalue weighted by atomic mass is 16.4.